The monoisotopic (exact) mass is 331 g/mol. The lowest BCUT2D eigenvalue weighted by molar-refractivity contribution is 0.0998. The lowest BCUT2D eigenvalue weighted by atomic mass is 10.2. The molecule has 0 saturated carbocycles. The number of amides is 1. The first-order chi connectivity index (χ1) is 12.1. The maximum atomic E-state index is 13.1. The van der Waals surface area contributed by atoms with Crippen LogP contribution >= 0.6 is 0 Å². The van der Waals surface area contributed by atoms with Crippen LogP contribution in [0.25, 0.3) is 5.57 Å². The molecule has 3 aromatic rings. The molecule has 0 aliphatic carbocycles. The molecular formula is C19H17N5O. The highest BCUT2D eigenvalue weighted by Gasteiger charge is 2.23. The number of nitrogen functional groups attached to an aromatic ring is 1. The fourth-order valence-corrected chi connectivity index (χ4v) is 2.28. The first-order valence-electron chi connectivity index (χ1n) is 7.68. The summed E-state index contributed by atoms with van der Waals surface area (Å²) in [5.74, 6) is 0.282. The van der Waals surface area contributed by atoms with Gasteiger partial charge in [0.05, 0.1) is 5.69 Å². The molecule has 2 N–H and O–H groups in total. The highest BCUT2D eigenvalue weighted by Crippen LogP contribution is 2.25. The first-order valence-corrected chi connectivity index (χ1v) is 7.68. The summed E-state index contributed by atoms with van der Waals surface area (Å²) in [6.45, 7) is 5.60. The average molecular weight is 331 g/mol. The number of carbonyl (C=O) groups is 1. The zero-order valence-electron chi connectivity index (χ0n) is 13.8. The van der Waals surface area contributed by atoms with Gasteiger partial charge in [0, 0.05) is 5.56 Å². The van der Waals surface area contributed by atoms with Gasteiger partial charge >= 0.3 is 0 Å². The molecule has 3 rings (SSSR count). The summed E-state index contributed by atoms with van der Waals surface area (Å²) in [7, 11) is 0. The van der Waals surface area contributed by atoms with Gasteiger partial charge in [0.15, 0.2) is 5.82 Å². The molecule has 124 valence electrons. The number of nitrogens with zero attached hydrogens (tertiary/aromatic N) is 4. The Hall–Kier alpha value is -3.54. The highest BCUT2D eigenvalue weighted by molar-refractivity contribution is 6.09. The standard InChI is InChI=1S/C19H17N5O/c1-13(2)16-21-18(20)23-19(22-16)24(15-11-7-4-8-12-15)17(25)14-9-5-3-6-10-14/h3-12H,1H2,2H3,(H2,20,21,22,23). The molecule has 0 fully saturated rings. The second-order valence-electron chi connectivity index (χ2n) is 5.44. The van der Waals surface area contributed by atoms with E-state index in [9.17, 15) is 4.79 Å². The Bertz CT molecular complexity index is 910. The van der Waals surface area contributed by atoms with Crippen LogP contribution in [0.5, 0.6) is 0 Å². The minimum atomic E-state index is -0.259. The van der Waals surface area contributed by atoms with E-state index >= 15 is 0 Å². The van der Waals surface area contributed by atoms with E-state index in [1.54, 1.807) is 43.3 Å². The summed E-state index contributed by atoms with van der Waals surface area (Å²) in [6, 6.07) is 18.1. The van der Waals surface area contributed by atoms with E-state index in [1.807, 2.05) is 24.3 Å². The van der Waals surface area contributed by atoms with Gasteiger partial charge in [-0.3, -0.25) is 4.79 Å². The van der Waals surface area contributed by atoms with Crippen molar-refractivity contribution in [3.05, 3.63) is 78.6 Å². The van der Waals surface area contributed by atoms with Crippen LogP contribution in [-0.4, -0.2) is 20.9 Å². The number of aromatic nitrogens is 3. The van der Waals surface area contributed by atoms with Crippen molar-refractivity contribution in [3.63, 3.8) is 0 Å². The van der Waals surface area contributed by atoms with Crippen molar-refractivity contribution in [2.75, 3.05) is 10.6 Å². The number of hydrogen-bond acceptors (Lipinski definition) is 5. The van der Waals surface area contributed by atoms with Crippen LogP contribution in [0.1, 0.15) is 23.1 Å². The van der Waals surface area contributed by atoms with Crippen LogP contribution in [-0.2, 0) is 0 Å². The van der Waals surface area contributed by atoms with Gasteiger partial charge in [-0.05, 0) is 36.8 Å². The number of para-hydroxylation sites is 1. The van der Waals surface area contributed by atoms with Crippen LogP contribution in [0.2, 0.25) is 0 Å². The van der Waals surface area contributed by atoms with Crippen LogP contribution in [0, 0.1) is 0 Å². The van der Waals surface area contributed by atoms with Gasteiger partial charge in [-0.1, -0.05) is 43.0 Å². The predicted molar refractivity (Wildman–Crippen MR) is 98.3 cm³/mol. The lowest BCUT2D eigenvalue weighted by Crippen LogP contribution is -2.28. The van der Waals surface area contributed by atoms with Gasteiger partial charge in [0.2, 0.25) is 11.9 Å². The zero-order valence-corrected chi connectivity index (χ0v) is 13.8. The Balaban J connectivity index is 2.16. The fraction of sp³-hybridized carbons (Fsp3) is 0.0526. The Morgan fingerprint density at radius 3 is 2.16 bits per heavy atom. The van der Waals surface area contributed by atoms with E-state index in [0.29, 0.717) is 22.6 Å². The molecule has 1 heterocycles. The van der Waals surface area contributed by atoms with Crippen LogP contribution in [0.3, 0.4) is 0 Å². The van der Waals surface area contributed by atoms with Crippen molar-refractivity contribution in [2.24, 2.45) is 0 Å². The summed E-state index contributed by atoms with van der Waals surface area (Å²) < 4.78 is 0. The molecule has 0 spiro atoms. The van der Waals surface area contributed by atoms with E-state index in [1.165, 1.54) is 4.90 Å². The minimum absolute atomic E-state index is 0.0322. The van der Waals surface area contributed by atoms with Gasteiger partial charge in [-0.2, -0.15) is 15.0 Å². The smallest absolute Gasteiger partial charge is 0.265 e. The largest absolute Gasteiger partial charge is 0.368 e. The van der Waals surface area contributed by atoms with E-state index in [4.69, 9.17) is 5.73 Å². The maximum Gasteiger partial charge on any atom is 0.265 e. The number of allylic oxidation sites excluding steroid dienone is 1. The predicted octanol–water partition coefficient (Wildman–Crippen LogP) is 3.47. The second kappa shape index (κ2) is 6.92. The SMILES string of the molecule is C=C(C)c1nc(N)nc(N(C(=O)c2ccccc2)c2ccccc2)n1. The third-order valence-electron chi connectivity index (χ3n) is 3.46. The van der Waals surface area contributed by atoms with Gasteiger partial charge in [0.1, 0.15) is 0 Å². The molecule has 0 atom stereocenters. The molecule has 6 nitrogen and oxygen atoms in total. The van der Waals surface area contributed by atoms with Crippen LogP contribution in [0.4, 0.5) is 17.6 Å². The van der Waals surface area contributed by atoms with E-state index in [-0.39, 0.29) is 17.8 Å². The Kier molecular flexibility index (Phi) is 4.52. The van der Waals surface area contributed by atoms with Crippen molar-refractivity contribution < 1.29 is 4.79 Å². The summed E-state index contributed by atoms with van der Waals surface area (Å²) in [5.41, 5.74) is 7.60. The molecule has 6 heteroatoms. The van der Waals surface area contributed by atoms with Crippen LogP contribution in [0.15, 0.2) is 67.2 Å². The lowest BCUT2D eigenvalue weighted by Gasteiger charge is -2.21. The molecular weight excluding hydrogens is 314 g/mol. The summed E-state index contributed by atoms with van der Waals surface area (Å²) in [6.07, 6.45) is 0. The van der Waals surface area contributed by atoms with Gasteiger partial charge in [-0.25, -0.2) is 4.90 Å². The number of anilines is 3. The van der Waals surface area contributed by atoms with Crippen molar-refractivity contribution in [3.8, 4) is 0 Å². The van der Waals surface area contributed by atoms with Crippen molar-refractivity contribution in [1.29, 1.82) is 0 Å². The molecule has 0 radical (unpaired) electrons. The topological polar surface area (TPSA) is 85.0 Å². The molecule has 1 aromatic heterocycles. The minimum Gasteiger partial charge on any atom is -0.368 e. The quantitative estimate of drug-likeness (QED) is 0.791. The third kappa shape index (κ3) is 3.53. The Morgan fingerprint density at radius 2 is 1.56 bits per heavy atom. The first kappa shape index (κ1) is 16.3. The zero-order chi connectivity index (χ0) is 17.8. The molecule has 0 aliphatic heterocycles. The number of rotatable bonds is 4. The molecule has 1 amide bonds. The molecule has 2 aromatic carbocycles. The van der Waals surface area contributed by atoms with Gasteiger partial charge in [0.25, 0.3) is 5.91 Å². The normalized spacial score (nSPS) is 10.3. The molecule has 25 heavy (non-hydrogen) atoms. The summed E-state index contributed by atoms with van der Waals surface area (Å²) >= 11 is 0. The van der Waals surface area contributed by atoms with Crippen LogP contribution < -0.4 is 10.6 Å². The molecule has 0 bridgehead atoms. The van der Waals surface area contributed by atoms with E-state index in [2.05, 4.69) is 21.5 Å². The number of nitrogens with two attached hydrogens (primary N) is 1. The average Bonchev–Trinajstić information content (AvgIpc) is 2.63. The Labute approximate surface area is 145 Å². The number of carbonyl (C=O) groups excluding carboxylic acids is 1. The summed E-state index contributed by atoms with van der Waals surface area (Å²) in [5, 5.41) is 0. The third-order valence-corrected chi connectivity index (χ3v) is 3.46. The van der Waals surface area contributed by atoms with Crippen molar-refractivity contribution >= 4 is 29.1 Å². The van der Waals surface area contributed by atoms with Gasteiger partial charge < -0.3 is 5.73 Å². The second-order valence-corrected chi connectivity index (χ2v) is 5.44. The van der Waals surface area contributed by atoms with Crippen molar-refractivity contribution in [2.45, 2.75) is 6.92 Å². The molecule has 0 aliphatic rings. The maximum absolute atomic E-state index is 13.1. The number of benzene rings is 2. The molecule has 0 unspecified atom stereocenters. The number of hydrogen-bond donors (Lipinski definition) is 1. The van der Waals surface area contributed by atoms with Crippen molar-refractivity contribution in [1.82, 2.24) is 15.0 Å². The molecule has 0 saturated heterocycles. The fourth-order valence-electron chi connectivity index (χ4n) is 2.28. The van der Waals surface area contributed by atoms with E-state index < -0.39 is 0 Å². The van der Waals surface area contributed by atoms with Gasteiger partial charge in [-0.15, -0.1) is 0 Å². The Morgan fingerprint density at radius 1 is 0.960 bits per heavy atom. The van der Waals surface area contributed by atoms with E-state index in [0.717, 1.165) is 0 Å². The highest BCUT2D eigenvalue weighted by atomic mass is 16.2. The summed E-state index contributed by atoms with van der Waals surface area (Å²) in [4.78, 5) is 27.1.